The van der Waals surface area contributed by atoms with E-state index in [2.05, 4.69) is 21.2 Å². The maximum atomic E-state index is 14.4. The fraction of sp³-hybridized carbons (Fsp3) is 0.529. The summed E-state index contributed by atoms with van der Waals surface area (Å²) in [5.41, 5.74) is -2.49. The number of nitrogens with one attached hydrogen (secondary N) is 1. The van der Waals surface area contributed by atoms with E-state index in [1.807, 2.05) is 0 Å². The molecule has 0 radical (unpaired) electrons. The fourth-order valence-electron chi connectivity index (χ4n) is 2.24. The molecule has 6 nitrogen and oxygen atoms in total. The van der Waals surface area contributed by atoms with Gasteiger partial charge in [0.05, 0.1) is 17.4 Å². The van der Waals surface area contributed by atoms with E-state index in [1.165, 1.54) is 26.0 Å². The molecule has 2 atom stereocenters. The molecule has 1 aromatic rings. The molecular formula is C17H22BrFN2O4S. The minimum absolute atomic E-state index is 0.0357. The van der Waals surface area contributed by atoms with Gasteiger partial charge in [-0.15, -0.1) is 0 Å². The number of hydrogen-bond acceptors (Lipinski definition) is 5. The van der Waals surface area contributed by atoms with Crippen LogP contribution in [0.3, 0.4) is 0 Å². The first kappa shape index (κ1) is 22.4. The Morgan fingerprint density at radius 3 is 2.46 bits per heavy atom. The summed E-state index contributed by atoms with van der Waals surface area (Å²) in [6.07, 6.45) is -0.890. The number of sulfone groups is 1. The van der Waals surface area contributed by atoms with Crippen LogP contribution < -0.4 is 5.32 Å². The van der Waals surface area contributed by atoms with Crippen LogP contribution in [0.15, 0.2) is 22.7 Å². The van der Waals surface area contributed by atoms with Crippen molar-refractivity contribution in [3.8, 4) is 6.07 Å². The minimum atomic E-state index is -3.95. The summed E-state index contributed by atoms with van der Waals surface area (Å²) in [7, 11) is -3.95. The van der Waals surface area contributed by atoms with Crippen LogP contribution in [-0.2, 0) is 20.1 Å². The molecule has 0 aliphatic heterocycles. The molecule has 0 spiro atoms. The predicted molar refractivity (Wildman–Crippen MR) is 99.7 cm³/mol. The van der Waals surface area contributed by atoms with Gasteiger partial charge in [0.15, 0.2) is 9.84 Å². The van der Waals surface area contributed by atoms with Crippen molar-refractivity contribution < 1.29 is 22.3 Å². The molecule has 1 aromatic carbocycles. The topological polar surface area (TPSA) is 96.3 Å². The lowest BCUT2D eigenvalue weighted by Gasteiger charge is -2.33. The highest BCUT2D eigenvalue weighted by atomic mass is 79.9. The van der Waals surface area contributed by atoms with Crippen molar-refractivity contribution in [2.45, 2.75) is 51.0 Å². The van der Waals surface area contributed by atoms with E-state index >= 15 is 0 Å². The zero-order valence-electron chi connectivity index (χ0n) is 15.3. The van der Waals surface area contributed by atoms with Crippen molar-refractivity contribution in [3.63, 3.8) is 0 Å². The highest BCUT2D eigenvalue weighted by molar-refractivity contribution is 9.10. The third-order valence-corrected chi connectivity index (χ3v) is 6.17. The lowest BCUT2D eigenvalue weighted by molar-refractivity contribution is 0.0470. The number of rotatable bonds is 5. The number of benzene rings is 1. The summed E-state index contributed by atoms with van der Waals surface area (Å²) < 4.78 is 45.1. The average Bonchev–Trinajstić information content (AvgIpc) is 2.45. The van der Waals surface area contributed by atoms with Gasteiger partial charge in [-0.1, -0.05) is 15.9 Å². The number of nitrogens with zero attached hydrogens (tertiary/aromatic N) is 1. The van der Waals surface area contributed by atoms with Crippen molar-refractivity contribution in [1.82, 2.24) is 5.32 Å². The molecular weight excluding hydrogens is 427 g/mol. The van der Waals surface area contributed by atoms with Gasteiger partial charge in [-0.2, -0.15) is 5.26 Å². The second-order valence-corrected chi connectivity index (χ2v) is 10.4. The predicted octanol–water partition coefficient (Wildman–Crippen LogP) is 3.65. The molecule has 1 rings (SSSR count). The van der Waals surface area contributed by atoms with Crippen LogP contribution in [0.4, 0.5) is 9.18 Å². The Morgan fingerprint density at radius 2 is 1.96 bits per heavy atom. The molecule has 0 aromatic heterocycles. The zero-order chi connectivity index (χ0) is 20.3. The quantitative estimate of drug-likeness (QED) is 0.740. The van der Waals surface area contributed by atoms with Crippen LogP contribution in [-0.4, -0.2) is 31.1 Å². The average molecular weight is 449 g/mol. The lowest BCUT2D eigenvalue weighted by atomic mass is 9.93. The van der Waals surface area contributed by atoms with Crippen LogP contribution in [0.25, 0.3) is 0 Å². The number of carbonyl (C=O) groups is 1. The van der Waals surface area contributed by atoms with Crippen LogP contribution in [0.5, 0.6) is 0 Å². The van der Waals surface area contributed by atoms with Gasteiger partial charge in [-0.05, 0) is 52.8 Å². The molecule has 0 unspecified atom stereocenters. The first-order valence-electron chi connectivity index (χ1n) is 7.78. The Morgan fingerprint density at radius 1 is 1.38 bits per heavy atom. The van der Waals surface area contributed by atoms with E-state index in [4.69, 9.17) is 10.00 Å². The summed E-state index contributed by atoms with van der Waals surface area (Å²) in [5.74, 6) is -1.35. The van der Waals surface area contributed by atoms with Gasteiger partial charge < -0.3 is 10.1 Å². The van der Waals surface area contributed by atoms with E-state index in [0.717, 1.165) is 6.07 Å². The highest BCUT2D eigenvalue weighted by Crippen LogP contribution is 2.30. The summed E-state index contributed by atoms with van der Waals surface area (Å²) in [5, 5.41) is 10.1. The number of nitriles is 1. The SMILES string of the molecule is C[C@H](C#N)S(=O)(=O)C[C@](C)(NC(=O)OC(C)(C)C)c1cc(Br)ccc1F. The number of hydrogen-bond donors (Lipinski definition) is 1. The Balaban J connectivity index is 3.40. The molecule has 0 bridgehead atoms. The molecule has 1 N–H and O–H groups in total. The van der Waals surface area contributed by atoms with Crippen LogP contribution >= 0.6 is 15.9 Å². The molecule has 26 heavy (non-hydrogen) atoms. The first-order valence-corrected chi connectivity index (χ1v) is 10.3. The summed E-state index contributed by atoms with van der Waals surface area (Å²) in [6.45, 7) is 7.57. The van der Waals surface area contributed by atoms with Crippen molar-refractivity contribution >= 4 is 31.9 Å². The van der Waals surface area contributed by atoms with Crippen LogP contribution in [0.2, 0.25) is 0 Å². The van der Waals surface area contributed by atoms with Gasteiger partial charge in [-0.3, -0.25) is 0 Å². The van der Waals surface area contributed by atoms with Gasteiger partial charge in [0.1, 0.15) is 16.7 Å². The van der Waals surface area contributed by atoms with Crippen molar-refractivity contribution in [1.29, 1.82) is 5.26 Å². The molecule has 0 aliphatic rings. The van der Waals surface area contributed by atoms with E-state index in [9.17, 15) is 17.6 Å². The molecule has 144 valence electrons. The van der Waals surface area contributed by atoms with Crippen molar-refractivity contribution in [2.75, 3.05) is 5.75 Å². The van der Waals surface area contributed by atoms with E-state index < -0.39 is 43.9 Å². The van der Waals surface area contributed by atoms with Crippen molar-refractivity contribution in [3.05, 3.63) is 34.1 Å². The maximum Gasteiger partial charge on any atom is 0.408 e. The van der Waals surface area contributed by atoms with E-state index in [-0.39, 0.29) is 5.56 Å². The Bertz CT molecular complexity index is 830. The number of carbonyl (C=O) groups excluding carboxylic acids is 1. The molecule has 0 saturated heterocycles. The van der Waals surface area contributed by atoms with Crippen LogP contribution in [0, 0.1) is 17.1 Å². The maximum absolute atomic E-state index is 14.4. The second kappa shape index (κ2) is 7.92. The second-order valence-electron chi connectivity index (χ2n) is 7.16. The Kier molecular flexibility index (Phi) is 6.82. The van der Waals surface area contributed by atoms with Gasteiger partial charge in [0, 0.05) is 10.0 Å². The van der Waals surface area contributed by atoms with E-state index in [1.54, 1.807) is 26.8 Å². The fourth-order valence-corrected chi connectivity index (χ4v) is 4.04. The largest absolute Gasteiger partial charge is 0.444 e. The number of amides is 1. The monoisotopic (exact) mass is 448 g/mol. The summed E-state index contributed by atoms with van der Waals surface area (Å²) in [4.78, 5) is 12.2. The molecule has 1 amide bonds. The number of ether oxygens (including phenoxy) is 1. The molecule has 0 saturated carbocycles. The first-order chi connectivity index (χ1) is 11.7. The summed E-state index contributed by atoms with van der Waals surface area (Å²) >= 11 is 3.21. The Hall–Kier alpha value is -1.66. The van der Waals surface area contributed by atoms with Crippen molar-refractivity contribution in [2.24, 2.45) is 0 Å². The third kappa shape index (κ3) is 5.95. The smallest absolute Gasteiger partial charge is 0.408 e. The van der Waals surface area contributed by atoms with Gasteiger partial charge in [0.2, 0.25) is 0 Å². The minimum Gasteiger partial charge on any atom is -0.444 e. The van der Waals surface area contributed by atoms with Gasteiger partial charge >= 0.3 is 6.09 Å². The highest BCUT2D eigenvalue weighted by Gasteiger charge is 2.39. The standard InChI is InChI=1S/C17H22BrFN2O4S/c1-11(9-20)26(23,24)10-17(5,21-15(22)25-16(2,3)4)13-8-12(18)6-7-14(13)19/h6-8,11H,10H2,1-5H3,(H,21,22)/t11-,17+/m1/s1. The normalized spacial score (nSPS) is 15.5. The number of halogens is 2. The molecule has 9 heteroatoms. The van der Waals surface area contributed by atoms with E-state index in [0.29, 0.717) is 4.47 Å². The summed E-state index contributed by atoms with van der Waals surface area (Å²) in [6, 6.07) is 5.67. The molecule has 0 aliphatic carbocycles. The molecule has 0 fully saturated rings. The third-order valence-electron chi connectivity index (χ3n) is 3.51. The zero-order valence-corrected chi connectivity index (χ0v) is 17.7. The lowest BCUT2D eigenvalue weighted by Crippen LogP contribution is -2.51. The van der Waals surface area contributed by atoms with Crippen LogP contribution in [0.1, 0.15) is 40.2 Å². The Labute approximate surface area is 161 Å². The number of alkyl carbamates (subject to hydrolysis) is 1. The molecule has 0 heterocycles. The van der Waals surface area contributed by atoms with Gasteiger partial charge in [-0.25, -0.2) is 17.6 Å². The van der Waals surface area contributed by atoms with Gasteiger partial charge in [0.25, 0.3) is 0 Å².